The summed E-state index contributed by atoms with van der Waals surface area (Å²) in [5.41, 5.74) is 0. The van der Waals surface area contributed by atoms with Gasteiger partial charge in [-0.2, -0.15) is 26.3 Å². The molecule has 0 bridgehead atoms. The highest BCUT2D eigenvalue weighted by atomic mass is 19.4. The molecule has 2 aliphatic rings. The highest BCUT2D eigenvalue weighted by molar-refractivity contribution is 5.73. The largest absolute Gasteiger partial charge is 0.490 e. The normalized spacial score (nSPS) is 21.8. The number of ether oxygens (including phenoxy) is 1. The minimum absolute atomic E-state index is 0.692. The van der Waals surface area contributed by atoms with Crippen molar-refractivity contribution in [1.82, 2.24) is 10.2 Å². The number of carbonyl (C=O) groups is 2. The van der Waals surface area contributed by atoms with Gasteiger partial charge in [0.05, 0.1) is 19.3 Å². The van der Waals surface area contributed by atoms with E-state index in [4.69, 9.17) is 24.5 Å². The zero-order valence-corrected chi connectivity index (χ0v) is 13.0. The van der Waals surface area contributed by atoms with Crippen LogP contribution in [0.4, 0.5) is 26.3 Å². The SMILES string of the molecule is CC1CNCCN1C1COC1.O=C(O)C(F)(F)F.O=C(O)C(F)(F)F. The third kappa shape index (κ3) is 9.45. The smallest absolute Gasteiger partial charge is 0.475 e. The molecule has 0 amide bonds. The maximum atomic E-state index is 10.6. The van der Waals surface area contributed by atoms with Gasteiger partial charge >= 0.3 is 24.3 Å². The fourth-order valence-corrected chi connectivity index (χ4v) is 1.81. The Hall–Kier alpha value is -1.60. The lowest BCUT2D eigenvalue weighted by Crippen LogP contribution is -2.59. The zero-order chi connectivity index (χ0) is 19.8. The molecule has 0 spiro atoms. The maximum Gasteiger partial charge on any atom is 0.490 e. The van der Waals surface area contributed by atoms with E-state index < -0.39 is 24.3 Å². The number of carboxylic acids is 2. The van der Waals surface area contributed by atoms with Crippen molar-refractivity contribution in [3.8, 4) is 0 Å². The highest BCUT2D eigenvalue weighted by Crippen LogP contribution is 2.15. The van der Waals surface area contributed by atoms with Crippen molar-refractivity contribution in [3.63, 3.8) is 0 Å². The van der Waals surface area contributed by atoms with Gasteiger partial charge in [0.1, 0.15) is 0 Å². The number of alkyl halides is 6. The third-order valence-electron chi connectivity index (χ3n) is 3.13. The number of hydrogen-bond acceptors (Lipinski definition) is 5. The molecule has 13 heteroatoms. The number of rotatable bonds is 1. The molecule has 1 unspecified atom stereocenters. The molecule has 0 aliphatic carbocycles. The summed E-state index contributed by atoms with van der Waals surface area (Å²) in [6.45, 7) is 7.64. The molecule has 3 N–H and O–H groups in total. The summed E-state index contributed by atoms with van der Waals surface area (Å²) in [6, 6.07) is 1.41. The Labute approximate surface area is 138 Å². The fourth-order valence-electron chi connectivity index (χ4n) is 1.81. The van der Waals surface area contributed by atoms with Crippen LogP contribution in [0.3, 0.4) is 0 Å². The predicted octanol–water partition coefficient (Wildman–Crippen LogP) is 0.945. The predicted molar refractivity (Wildman–Crippen MR) is 71.0 cm³/mol. The van der Waals surface area contributed by atoms with Crippen LogP contribution in [0.5, 0.6) is 0 Å². The Morgan fingerprint density at radius 3 is 1.68 bits per heavy atom. The summed E-state index contributed by atoms with van der Waals surface area (Å²) >= 11 is 0. The molecule has 0 aromatic heterocycles. The van der Waals surface area contributed by atoms with Gasteiger partial charge in [-0.25, -0.2) is 9.59 Å². The summed E-state index contributed by atoms with van der Waals surface area (Å²) in [5.74, 6) is -5.51. The summed E-state index contributed by atoms with van der Waals surface area (Å²) in [5, 5.41) is 17.6. The summed E-state index contributed by atoms with van der Waals surface area (Å²) < 4.78 is 68.6. The van der Waals surface area contributed by atoms with Crippen LogP contribution in [0.15, 0.2) is 0 Å². The molecule has 0 aromatic carbocycles. The number of hydrogen-bond donors (Lipinski definition) is 3. The Morgan fingerprint density at radius 2 is 1.44 bits per heavy atom. The van der Waals surface area contributed by atoms with Gasteiger partial charge in [0.15, 0.2) is 0 Å². The molecule has 7 nitrogen and oxygen atoms in total. The van der Waals surface area contributed by atoms with Crippen molar-refractivity contribution in [2.24, 2.45) is 0 Å². The van der Waals surface area contributed by atoms with Crippen molar-refractivity contribution in [2.45, 2.75) is 31.4 Å². The van der Waals surface area contributed by atoms with Crippen molar-refractivity contribution < 1.29 is 50.9 Å². The van der Waals surface area contributed by atoms with Gasteiger partial charge in [-0.15, -0.1) is 0 Å². The molecule has 25 heavy (non-hydrogen) atoms. The number of aliphatic carboxylic acids is 2. The first-order valence-corrected chi connectivity index (χ1v) is 6.91. The average Bonchev–Trinajstić information content (AvgIpc) is 2.38. The number of nitrogens with zero attached hydrogens (tertiary/aromatic N) is 1. The van der Waals surface area contributed by atoms with E-state index in [1.807, 2.05) is 0 Å². The molecule has 2 fully saturated rings. The van der Waals surface area contributed by atoms with E-state index >= 15 is 0 Å². The van der Waals surface area contributed by atoms with Gasteiger partial charge in [-0.05, 0) is 6.92 Å². The van der Waals surface area contributed by atoms with Crippen LogP contribution in [0, 0.1) is 0 Å². The van der Waals surface area contributed by atoms with Crippen molar-refractivity contribution in [2.75, 3.05) is 32.8 Å². The van der Waals surface area contributed by atoms with E-state index in [0.717, 1.165) is 26.3 Å². The molecule has 0 radical (unpaired) electrons. The second kappa shape index (κ2) is 9.77. The number of piperazine rings is 1. The van der Waals surface area contributed by atoms with Crippen molar-refractivity contribution >= 4 is 11.9 Å². The van der Waals surface area contributed by atoms with Gasteiger partial charge in [-0.3, -0.25) is 4.90 Å². The lowest BCUT2D eigenvalue weighted by molar-refractivity contribution is -0.193. The van der Waals surface area contributed by atoms with Crippen LogP contribution >= 0.6 is 0 Å². The molecule has 2 heterocycles. The molecular formula is C12H18F6N2O5. The maximum absolute atomic E-state index is 10.6. The van der Waals surface area contributed by atoms with Gasteiger partial charge in [0.2, 0.25) is 0 Å². The van der Waals surface area contributed by atoms with Gasteiger partial charge in [0.25, 0.3) is 0 Å². The molecule has 148 valence electrons. The van der Waals surface area contributed by atoms with Crippen molar-refractivity contribution in [1.29, 1.82) is 0 Å². The monoisotopic (exact) mass is 384 g/mol. The van der Waals surface area contributed by atoms with Crippen LogP contribution in [-0.4, -0.2) is 84.3 Å². The lowest BCUT2D eigenvalue weighted by Gasteiger charge is -2.43. The molecule has 2 rings (SSSR count). The number of halogens is 6. The standard InChI is InChI=1S/C8H16N2O.2C2HF3O2/c1-7-4-9-2-3-10(7)8-5-11-6-8;2*3-2(4,5)1(6)7/h7-9H,2-6H2,1H3;2*(H,6,7). The van der Waals surface area contributed by atoms with Gasteiger partial charge in [-0.1, -0.05) is 0 Å². The molecule has 2 saturated heterocycles. The zero-order valence-electron chi connectivity index (χ0n) is 13.0. The van der Waals surface area contributed by atoms with Crippen molar-refractivity contribution in [3.05, 3.63) is 0 Å². The van der Waals surface area contributed by atoms with E-state index in [1.54, 1.807) is 0 Å². The average molecular weight is 384 g/mol. The molecule has 0 saturated carbocycles. The Kier molecular flexibility index (Phi) is 9.15. The minimum atomic E-state index is -5.08. The van der Waals surface area contributed by atoms with E-state index in [1.165, 1.54) is 6.54 Å². The first-order valence-electron chi connectivity index (χ1n) is 6.91. The first kappa shape index (κ1) is 23.4. The second-order valence-corrected chi connectivity index (χ2v) is 5.09. The van der Waals surface area contributed by atoms with E-state index in [-0.39, 0.29) is 0 Å². The van der Waals surface area contributed by atoms with E-state index in [9.17, 15) is 26.3 Å². The second-order valence-electron chi connectivity index (χ2n) is 5.09. The molecular weight excluding hydrogens is 366 g/mol. The summed E-state index contributed by atoms with van der Waals surface area (Å²) in [6.07, 6.45) is -10.2. The molecule has 2 aliphatic heterocycles. The molecule has 1 atom stereocenters. The fraction of sp³-hybridized carbons (Fsp3) is 0.833. The third-order valence-corrected chi connectivity index (χ3v) is 3.13. The topological polar surface area (TPSA) is 99.1 Å². The highest BCUT2D eigenvalue weighted by Gasteiger charge is 2.38. The molecule has 0 aromatic rings. The Balaban J connectivity index is 0.000000366. The minimum Gasteiger partial charge on any atom is -0.475 e. The Bertz CT molecular complexity index is 413. The van der Waals surface area contributed by atoms with Crippen LogP contribution in [0.25, 0.3) is 0 Å². The van der Waals surface area contributed by atoms with Crippen LogP contribution < -0.4 is 5.32 Å². The van der Waals surface area contributed by atoms with Gasteiger partial charge in [0, 0.05) is 25.7 Å². The quantitative estimate of drug-likeness (QED) is 0.579. The van der Waals surface area contributed by atoms with Gasteiger partial charge < -0.3 is 20.3 Å². The first-order chi connectivity index (χ1) is 11.3. The van der Waals surface area contributed by atoms with Crippen LogP contribution in [0.1, 0.15) is 6.92 Å². The van der Waals surface area contributed by atoms with E-state index in [2.05, 4.69) is 17.1 Å². The van der Waals surface area contributed by atoms with E-state index in [0.29, 0.717) is 12.1 Å². The van der Waals surface area contributed by atoms with Crippen LogP contribution in [0.2, 0.25) is 0 Å². The summed E-state index contributed by atoms with van der Waals surface area (Å²) in [7, 11) is 0. The van der Waals surface area contributed by atoms with Crippen LogP contribution in [-0.2, 0) is 14.3 Å². The lowest BCUT2D eigenvalue weighted by atomic mass is 10.1. The number of carboxylic acid groups (broad SMARTS) is 2. The summed E-state index contributed by atoms with van der Waals surface area (Å²) in [4.78, 5) is 20.3. The Morgan fingerprint density at radius 1 is 1.04 bits per heavy atom. The number of nitrogens with one attached hydrogen (secondary N) is 1.